The van der Waals surface area contributed by atoms with Crippen molar-refractivity contribution >= 4 is 27.4 Å². The van der Waals surface area contributed by atoms with Gasteiger partial charge in [-0.3, -0.25) is 0 Å². The minimum absolute atomic E-state index is 0.229. The molecule has 1 aromatic carbocycles. The van der Waals surface area contributed by atoms with Crippen molar-refractivity contribution in [3.63, 3.8) is 0 Å². The van der Waals surface area contributed by atoms with E-state index in [1.807, 2.05) is 6.07 Å². The quantitative estimate of drug-likeness (QED) is 0.858. The molecule has 0 bridgehead atoms. The highest BCUT2D eigenvalue weighted by molar-refractivity contribution is 7.21. The first-order chi connectivity index (χ1) is 8.41. The Balaban J connectivity index is 2.75. The first-order valence-corrected chi connectivity index (χ1v) is 7.03. The minimum atomic E-state index is -0.814. The summed E-state index contributed by atoms with van der Waals surface area (Å²) in [5.41, 5.74) is 2.24. The van der Waals surface area contributed by atoms with Gasteiger partial charge in [-0.25, -0.2) is 4.79 Å². The Kier molecular flexibility index (Phi) is 3.44. The molecule has 0 unspecified atom stereocenters. The Morgan fingerprint density at radius 1 is 1.17 bits per heavy atom. The Morgan fingerprint density at radius 3 is 2.33 bits per heavy atom. The van der Waals surface area contributed by atoms with Gasteiger partial charge in [0, 0.05) is 4.70 Å². The summed E-state index contributed by atoms with van der Waals surface area (Å²) >= 11 is 1.38. The molecule has 18 heavy (non-hydrogen) atoms. The molecule has 1 aromatic heterocycles. The van der Waals surface area contributed by atoms with Crippen molar-refractivity contribution in [1.29, 1.82) is 0 Å². The van der Waals surface area contributed by atoms with Gasteiger partial charge >= 0.3 is 5.97 Å². The zero-order chi connectivity index (χ0) is 13.4. The zero-order valence-corrected chi connectivity index (χ0v) is 12.0. The number of aromatic carboxylic acids is 1. The lowest BCUT2D eigenvalue weighted by molar-refractivity contribution is 0.0701. The van der Waals surface area contributed by atoms with Gasteiger partial charge < -0.3 is 5.11 Å². The number of fused-ring (bicyclic) bond motifs is 1. The van der Waals surface area contributed by atoms with Crippen LogP contribution in [0.25, 0.3) is 10.1 Å². The Bertz CT molecular complexity index is 594. The second-order valence-corrected chi connectivity index (χ2v) is 6.27. The summed E-state index contributed by atoms with van der Waals surface area (Å²) in [6, 6.07) is 6.30. The molecule has 96 valence electrons. The standard InChI is InChI=1S/C15H18O2S/c1-8(2)10-5-6-12-11(7-10)13(9(3)4)14(18-12)15(16)17/h5-9H,1-4H3,(H,16,17). The Labute approximate surface area is 111 Å². The number of carboxylic acids is 1. The summed E-state index contributed by atoms with van der Waals surface area (Å²) in [7, 11) is 0. The lowest BCUT2D eigenvalue weighted by Gasteiger charge is -2.08. The van der Waals surface area contributed by atoms with Crippen molar-refractivity contribution in [1.82, 2.24) is 0 Å². The number of carbonyl (C=O) groups is 1. The van der Waals surface area contributed by atoms with Gasteiger partial charge in [-0.15, -0.1) is 11.3 Å². The molecular weight excluding hydrogens is 244 g/mol. The number of carboxylic acid groups (broad SMARTS) is 1. The number of benzene rings is 1. The van der Waals surface area contributed by atoms with Crippen LogP contribution in [0.3, 0.4) is 0 Å². The van der Waals surface area contributed by atoms with E-state index in [1.165, 1.54) is 16.9 Å². The minimum Gasteiger partial charge on any atom is -0.477 e. The summed E-state index contributed by atoms with van der Waals surface area (Å²) in [5, 5.41) is 10.4. The average Bonchev–Trinajstić information content (AvgIpc) is 2.66. The average molecular weight is 262 g/mol. The van der Waals surface area contributed by atoms with Gasteiger partial charge in [0.15, 0.2) is 0 Å². The molecule has 0 spiro atoms. The van der Waals surface area contributed by atoms with Crippen molar-refractivity contribution in [2.75, 3.05) is 0 Å². The van der Waals surface area contributed by atoms with Crippen molar-refractivity contribution < 1.29 is 9.90 Å². The van der Waals surface area contributed by atoms with E-state index in [1.54, 1.807) is 0 Å². The normalized spacial score (nSPS) is 11.7. The molecule has 3 heteroatoms. The van der Waals surface area contributed by atoms with Crippen LogP contribution in [0.15, 0.2) is 18.2 Å². The summed E-state index contributed by atoms with van der Waals surface area (Å²) < 4.78 is 1.07. The fourth-order valence-corrected chi connectivity index (χ4v) is 3.40. The van der Waals surface area contributed by atoms with Crippen LogP contribution in [0.4, 0.5) is 0 Å². The summed E-state index contributed by atoms with van der Waals surface area (Å²) in [6.45, 7) is 8.41. The maximum Gasteiger partial charge on any atom is 0.346 e. The topological polar surface area (TPSA) is 37.3 Å². The van der Waals surface area contributed by atoms with E-state index < -0.39 is 5.97 Å². The van der Waals surface area contributed by atoms with Crippen LogP contribution in [0, 0.1) is 0 Å². The summed E-state index contributed by atoms with van der Waals surface area (Å²) in [4.78, 5) is 11.8. The number of thiophene rings is 1. The SMILES string of the molecule is CC(C)c1ccc2sc(C(=O)O)c(C(C)C)c2c1. The first-order valence-electron chi connectivity index (χ1n) is 6.21. The van der Waals surface area contributed by atoms with Gasteiger partial charge in [-0.2, -0.15) is 0 Å². The largest absolute Gasteiger partial charge is 0.477 e. The predicted molar refractivity (Wildman–Crippen MR) is 77.0 cm³/mol. The van der Waals surface area contributed by atoms with Crippen molar-refractivity contribution in [3.8, 4) is 0 Å². The van der Waals surface area contributed by atoms with E-state index in [4.69, 9.17) is 0 Å². The van der Waals surface area contributed by atoms with Gasteiger partial charge in [0.1, 0.15) is 4.88 Å². The molecule has 2 nitrogen and oxygen atoms in total. The van der Waals surface area contributed by atoms with Crippen molar-refractivity contribution in [2.24, 2.45) is 0 Å². The molecule has 0 aliphatic carbocycles. The predicted octanol–water partition coefficient (Wildman–Crippen LogP) is 4.85. The molecule has 1 N–H and O–H groups in total. The van der Waals surface area contributed by atoms with E-state index in [-0.39, 0.29) is 5.92 Å². The van der Waals surface area contributed by atoms with Crippen molar-refractivity contribution in [2.45, 2.75) is 39.5 Å². The molecule has 0 atom stereocenters. The third kappa shape index (κ3) is 2.15. The molecular formula is C15H18O2S. The number of rotatable bonds is 3. The van der Waals surface area contributed by atoms with E-state index in [9.17, 15) is 9.90 Å². The molecule has 1 heterocycles. The lowest BCUT2D eigenvalue weighted by Crippen LogP contribution is -1.99. The molecule has 2 rings (SSSR count). The fraction of sp³-hybridized carbons (Fsp3) is 0.400. The smallest absolute Gasteiger partial charge is 0.346 e. The zero-order valence-electron chi connectivity index (χ0n) is 11.2. The van der Waals surface area contributed by atoms with Crippen LogP contribution in [0.5, 0.6) is 0 Å². The van der Waals surface area contributed by atoms with Crippen LogP contribution < -0.4 is 0 Å². The van der Waals surface area contributed by atoms with Crippen LogP contribution in [0.1, 0.15) is 60.3 Å². The number of hydrogen-bond donors (Lipinski definition) is 1. The third-order valence-electron chi connectivity index (χ3n) is 3.19. The van der Waals surface area contributed by atoms with E-state index in [2.05, 4.69) is 39.8 Å². The molecule has 2 aromatic rings. The molecule has 0 amide bonds. The highest BCUT2D eigenvalue weighted by Gasteiger charge is 2.20. The molecule has 0 fully saturated rings. The fourth-order valence-electron chi connectivity index (χ4n) is 2.23. The van der Waals surface area contributed by atoms with E-state index in [0.717, 1.165) is 15.6 Å². The molecule has 0 aliphatic rings. The highest BCUT2D eigenvalue weighted by Crippen LogP contribution is 2.37. The van der Waals surface area contributed by atoms with Crippen LogP contribution in [-0.2, 0) is 0 Å². The molecule has 0 aliphatic heterocycles. The second-order valence-electron chi connectivity index (χ2n) is 5.22. The van der Waals surface area contributed by atoms with Crippen LogP contribution in [0.2, 0.25) is 0 Å². The maximum atomic E-state index is 11.3. The van der Waals surface area contributed by atoms with Gasteiger partial charge in [0.25, 0.3) is 0 Å². The van der Waals surface area contributed by atoms with Crippen molar-refractivity contribution in [3.05, 3.63) is 34.2 Å². The second kappa shape index (κ2) is 4.73. The Morgan fingerprint density at radius 2 is 1.83 bits per heavy atom. The van der Waals surface area contributed by atoms with Gasteiger partial charge in [0.05, 0.1) is 0 Å². The lowest BCUT2D eigenvalue weighted by atomic mass is 9.95. The molecule has 0 radical (unpaired) electrons. The van der Waals surface area contributed by atoms with Crippen LogP contribution >= 0.6 is 11.3 Å². The van der Waals surface area contributed by atoms with Gasteiger partial charge in [0.2, 0.25) is 0 Å². The van der Waals surface area contributed by atoms with E-state index in [0.29, 0.717) is 10.8 Å². The third-order valence-corrected chi connectivity index (χ3v) is 4.36. The van der Waals surface area contributed by atoms with E-state index >= 15 is 0 Å². The first kappa shape index (κ1) is 13.1. The van der Waals surface area contributed by atoms with Gasteiger partial charge in [-0.1, -0.05) is 33.8 Å². The monoisotopic (exact) mass is 262 g/mol. The molecule has 0 saturated heterocycles. The molecule has 0 saturated carbocycles. The van der Waals surface area contributed by atoms with Gasteiger partial charge in [-0.05, 0) is 40.5 Å². The summed E-state index contributed by atoms with van der Waals surface area (Å²) in [6.07, 6.45) is 0. The summed E-state index contributed by atoms with van der Waals surface area (Å²) in [5.74, 6) is -0.124. The van der Waals surface area contributed by atoms with Crippen LogP contribution in [-0.4, -0.2) is 11.1 Å². The maximum absolute atomic E-state index is 11.3. The Hall–Kier alpha value is -1.35. The highest BCUT2D eigenvalue weighted by atomic mass is 32.1. The number of hydrogen-bond acceptors (Lipinski definition) is 2.